The van der Waals surface area contributed by atoms with E-state index in [4.69, 9.17) is 19.9 Å². The maximum Gasteiger partial charge on any atom is 0.191 e. The van der Waals surface area contributed by atoms with Crippen molar-refractivity contribution in [2.24, 2.45) is 10.7 Å². The molecule has 0 aliphatic carbocycles. The van der Waals surface area contributed by atoms with E-state index in [0.717, 1.165) is 44.2 Å². The van der Waals surface area contributed by atoms with E-state index in [9.17, 15) is 0 Å². The quantitative estimate of drug-likeness (QED) is 0.328. The summed E-state index contributed by atoms with van der Waals surface area (Å²) < 4.78 is 16.1. The number of halogens is 1. The Morgan fingerprint density at radius 2 is 2.05 bits per heavy atom. The van der Waals surface area contributed by atoms with E-state index in [2.05, 4.69) is 4.99 Å². The third-order valence-corrected chi connectivity index (χ3v) is 3.22. The minimum atomic E-state index is 0. The van der Waals surface area contributed by atoms with Crippen molar-refractivity contribution in [2.75, 3.05) is 46.6 Å². The first-order chi connectivity index (χ1) is 10.3. The van der Waals surface area contributed by atoms with Crippen LogP contribution in [0.15, 0.2) is 29.3 Å². The van der Waals surface area contributed by atoms with Crippen LogP contribution in [0.25, 0.3) is 0 Å². The number of ether oxygens (including phenoxy) is 3. The third-order valence-electron chi connectivity index (χ3n) is 3.22. The van der Waals surface area contributed by atoms with Crippen LogP contribution in [0.4, 0.5) is 0 Å². The number of hydrogen-bond acceptors (Lipinski definition) is 4. The van der Waals surface area contributed by atoms with Gasteiger partial charge in [0.15, 0.2) is 5.96 Å². The number of morpholine rings is 1. The van der Waals surface area contributed by atoms with Crippen LogP contribution < -0.4 is 15.2 Å². The molecule has 0 amide bonds. The lowest BCUT2D eigenvalue weighted by Crippen LogP contribution is -2.44. The standard InChI is InChI=1S/C15H23N3O3.HI/c1-19-13-4-2-5-14(12-13)21-9-3-6-17-15(16)18-7-10-20-11-8-18;/h2,4-5,12H,3,6-11H2,1H3,(H2,16,17);1H. The van der Waals surface area contributed by atoms with E-state index in [1.807, 2.05) is 29.2 Å². The van der Waals surface area contributed by atoms with Crippen molar-refractivity contribution >= 4 is 29.9 Å². The van der Waals surface area contributed by atoms with Crippen LogP contribution in [0.3, 0.4) is 0 Å². The molecule has 6 nitrogen and oxygen atoms in total. The average molecular weight is 421 g/mol. The van der Waals surface area contributed by atoms with Crippen molar-refractivity contribution in [3.8, 4) is 11.5 Å². The zero-order valence-electron chi connectivity index (χ0n) is 12.9. The molecular formula is C15H24IN3O3. The minimum absolute atomic E-state index is 0. The Kier molecular flexibility index (Phi) is 8.98. The molecule has 1 aliphatic rings. The Morgan fingerprint density at radius 1 is 1.32 bits per heavy atom. The molecule has 1 aliphatic heterocycles. The molecule has 22 heavy (non-hydrogen) atoms. The van der Waals surface area contributed by atoms with Crippen molar-refractivity contribution in [1.29, 1.82) is 0 Å². The van der Waals surface area contributed by atoms with E-state index in [1.165, 1.54) is 0 Å². The molecule has 0 saturated carbocycles. The van der Waals surface area contributed by atoms with E-state index in [-0.39, 0.29) is 24.0 Å². The fourth-order valence-corrected chi connectivity index (χ4v) is 2.03. The summed E-state index contributed by atoms with van der Waals surface area (Å²) in [5, 5.41) is 0. The number of aliphatic imine (C=N–C) groups is 1. The van der Waals surface area contributed by atoms with E-state index in [0.29, 0.717) is 19.1 Å². The summed E-state index contributed by atoms with van der Waals surface area (Å²) in [5.41, 5.74) is 5.94. The van der Waals surface area contributed by atoms with Gasteiger partial charge in [-0.1, -0.05) is 6.07 Å². The number of benzene rings is 1. The van der Waals surface area contributed by atoms with Gasteiger partial charge in [0, 0.05) is 32.1 Å². The first-order valence-electron chi connectivity index (χ1n) is 7.19. The van der Waals surface area contributed by atoms with Crippen LogP contribution in [0.2, 0.25) is 0 Å². The second-order valence-corrected chi connectivity index (χ2v) is 4.72. The molecule has 1 fully saturated rings. The predicted molar refractivity (Wildman–Crippen MR) is 97.4 cm³/mol. The number of hydrogen-bond donors (Lipinski definition) is 1. The molecule has 0 aromatic heterocycles. The maximum atomic E-state index is 5.94. The van der Waals surface area contributed by atoms with Crippen molar-refractivity contribution in [3.05, 3.63) is 24.3 Å². The lowest BCUT2D eigenvalue weighted by Gasteiger charge is -2.27. The van der Waals surface area contributed by atoms with Gasteiger partial charge in [-0.15, -0.1) is 24.0 Å². The van der Waals surface area contributed by atoms with Gasteiger partial charge in [0.05, 0.1) is 26.9 Å². The van der Waals surface area contributed by atoms with Crippen LogP contribution >= 0.6 is 24.0 Å². The third kappa shape index (κ3) is 6.27. The van der Waals surface area contributed by atoms with Crippen molar-refractivity contribution < 1.29 is 14.2 Å². The molecule has 0 spiro atoms. The second-order valence-electron chi connectivity index (χ2n) is 4.72. The number of nitrogens with zero attached hydrogens (tertiary/aromatic N) is 2. The molecule has 1 aromatic rings. The molecule has 0 bridgehead atoms. The summed E-state index contributed by atoms with van der Waals surface area (Å²) in [6.07, 6.45) is 0.822. The summed E-state index contributed by atoms with van der Waals surface area (Å²) in [6, 6.07) is 7.57. The van der Waals surface area contributed by atoms with Crippen LogP contribution in [-0.2, 0) is 4.74 Å². The maximum absolute atomic E-state index is 5.94. The summed E-state index contributed by atoms with van der Waals surface area (Å²) in [6.45, 7) is 4.33. The first kappa shape index (κ1) is 18.8. The van der Waals surface area contributed by atoms with Gasteiger partial charge in [-0.2, -0.15) is 0 Å². The Labute approximate surface area is 148 Å². The number of nitrogens with two attached hydrogens (primary N) is 1. The summed E-state index contributed by atoms with van der Waals surface area (Å²) in [7, 11) is 1.64. The van der Waals surface area contributed by atoms with Crippen molar-refractivity contribution in [3.63, 3.8) is 0 Å². The monoisotopic (exact) mass is 421 g/mol. The largest absolute Gasteiger partial charge is 0.497 e. The fourth-order valence-electron chi connectivity index (χ4n) is 2.03. The van der Waals surface area contributed by atoms with Gasteiger partial charge in [-0.05, 0) is 12.1 Å². The topological polar surface area (TPSA) is 69.3 Å². The number of methoxy groups -OCH3 is 1. The molecule has 2 N–H and O–H groups in total. The molecule has 2 rings (SSSR count). The van der Waals surface area contributed by atoms with Crippen molar-refractivity contribution in [1.82, 2.24) is 4.90 Å². The zero-order chi connectivity index (χ0) is 14.9. The Hall–Kier alpha value is -1.22. The first-order valence-corrected chi connectivity index (χ1v) is 7.19. The molecule has 0 radical (unpaired) electrons. The highest BCUT2D eigenvalue weighted by Crippen LogP contribution is 2.18. The summed E-state index contributed by atoms with van der Waals surface area (Å²) >= 11 is 0. The molecule has 124 valence electrons. The van der Waals surface area contributed by atoms with E-state index < -0.39 is 0 Å². The van der Waals surface area contributed by atoms with Gasteiger partial charge in [0.25, 0.3) is 0 Å². The Bertz CT molecular complexity index is 465. The Balaban J connectivity index is 0.00000242. The van der Waals surface area contributed by atoms with Crippen LogP contribution in [0, 0.1) is 0 Å². The predicted octanol–water partition coefficient (Wildman–Crippen LogP) is 1.73. The highest BCUT2D eigenvalue weighted by atomic mass is 127. The normalized spacial score (nSPS) is 15.1. The molecule has 0 atom stereocenters. The Morgan fingerprint density at radius 3 is 2.77 bits per heavy atom. The zero-order valence-corrected chi connectivity index (χ0v) is 15.2. The van der Waals surface area contributed by atoms with Crippen molar-refractivity contribution in [2.45, 2.75) is 6.42 Å². The lowest BCUT2D eigenvalue weighted by atomic mass is 10.3. The number of guanidine groups is 1. The molecule has 1 saturated heterocycles. The molecule has 1 heterocycles. The second kappa shape index (κ2) is 10.5. The van der Waals surface area contributed by atoms with Gasteiger partial charge < -0.3 is 24.8 Å². The molecule has 7 heteroatoms. The van der Waals surface area contributed by atoms with Crippen LogP contribution in [0.1, 0.15) is 6.42 Å². The lowest BCUT2D eigenvalue weighted by molar-refractivity contribution is 0.0674. The summed E-state index contributed by atoms with van der Waals surface area (Å²) in [4.78, 5) is 6.42. The SMILES string of the molecule is COc1cccc(OCCCN=C(N)N2CCOCC2)c1.I. The average Bonchev–Trinajstić information content (AvgIpc) is 2.55. The highest BCUT2D eigenvalue weighted by molar-refractivity contribution is 14.0. The molecular weight excluding hydrogens is 397 g/mol. The number of rotatable bonds is 6. The highest BCUT2D eigenvalue weighted by Gasteiger charge is 2.11. The molecule has 0 unspecified atom stereocenters. The van der Waals surface area contributed by atoms with Gasteiger partial charge in [-0.3, -0.25) is 4.99 Å². The van der Waals surface area contributed by atoms with Gasteiger partial charge in [0.2, 0.25) is 0 Å². The van der Waals surface area contributed by atoms with Crippen LogP contribution in [-0.4, -0.2) is 57.4 Å². The smallest absolute Gasteiger partial charge is 0.191 e. The summed E-state index contributed by atoms with van der Waals surface area (Å²) in [5.74, 6) is 2.20. The van der Waals surface area contributed by atoms with Gasteiger partial charge >= 0.3 is 0 Å². The van der Waals surface area contributed by atoms with E-state index >= 15 is 0 Å². The molecule has 1 aromatic carbocycles. The van der Waals surface area contributed by atoms with Gasteiger partial charge in [-0.25, -0.2) is 0 Å². The fraction of sp³-hybridized carbons (Fsp3) is 0.533. The van der Waals surface area contributed by atoms with Gasteiger partial charge in [0.1, 0.15) is 11.5 Å². The van der Waals surface area contributed by atoms with E-state index in [1.54, 1.807) is 7.11 Å². The minimum Gasteiger partial charge on any atom is -0.497 e. The van der Waals surface area contributed by atoms with Crippen LogP contribution in [0.5, 0.6) is 11.5 Å².